The van der Waals surface area contributed by atoms with Gasteiger partial charge in [0, 0.05) is 18.2 Å². The molecule has 1 rings (SSSR count). The molecule has 1 N–H and O–H groups in total. The lowest BCUT2D eigenvalue weighted by molar-refractivity contribution is -0.143. The van der Waals surface area contributed by atoms with Gasteiger partial charge in [0.25, 0.3) is 0 Å². The molecule has 0 aliphatic heterocycles. The zero-order valence-electron chi connectivity index (χ0n) is 11.2. The fourth-order valence-corrected chi connectivity index (χ4v) is 1.68. The van der Waals surface area contributed by atoms with Crippen LogP contribution in [0.15, 0.2) is 24.3 Å². The Bertz CT molecular complexity index is 379. The molecule has 0 aromatic heterocycles. The summed E-state index contributed by atoms with van der Waals surface area (Å²) in [6.45, 7) is 4.87. The summed E-state index contributed by atoms with van der Waals surface area (Å²) < 4.78 is 10.2. The summed E-state index contributed by atoms with van der Waals surface area (Å²) in [4.78, 5) is 11.3. The molecule has 0 fully saturated rings. The van der Waals surface area contributed by atoms with E-state index in [2.05, 4.69) is 5.32 Å². The van der Waals surface area contributed by atoms with E-state index in [1.165, 1.54) is 0 Å². The SMILES string of the molecule is CCOC(=O)CC(C)NCc1ccccc1OC. The Hall–Kier alpha value is -1.55. The minimum absolute atomic E-state index is 0.0777. The lowest BCUT2D eigenvalue weighted by Crippen LogP contribution is -2.28. The van der Waals surface area contributed by atoms with Crippen LogP contribution in [0.4, 0.5) is 0 Å². The van der Waals surface area contributed by atoms with Crippen LogP contribution >= 0.6 is 0 Å². The molecule has 0 aliphatic carbocycles. The smallest absolute Gasteiger partial charge is 0.307 e. The van der Waals surface area contributed by atoms with Crippen LogP contribution in [-0.4, -0.2) is 25.7 Å². The van der Waals surface area contributed by atoms with Gasteiger partial charge >= 0.3 is 5.97 Å². The van der Waals surface area contributed by atoms with Crippen LogP contribution in [0, 0.1) is 0 Å². The van der Waals surface area contributed by atoms with Gasteiger partial charge in [0.1, 0.15) is 5.75 Å². The van der Waals surface area contributed by atoms with Crippen molar-refractivity contribution in [2.45, 2.75) is 32.9 Å². The number of ether oxygens (including phenoxy) is 2. The standard InChI is InChI=1S/C14H21NO3/c1-4-18-14(16)9-11(2)15-10-12-7-5-6-8-13(12)17-3/h5-8,11,15H,4,9-10H2,1-3H3. The van der Waals surface area contributed by atoms with Gasteiger partial charge in [-0.25, -0.2) is 0 Å². The van der Waals surface area contributed by atoms with E-state index in [0.717, 1.165) is 11.3 Å². The Kier molecular flexibility index (Phi) is 6.22. The number of benzene rings is 1. The second-order valence-electron chi connectivity index (χ2n) is 4.10. The van der Waals surface area contributed by atoms with Crippen molar-refractivity contribution in [2.24, 2.45) is 0 Å². The molecule has 4 nitrogen and oxygen atoms in total. The van der Waals surface area contributed by atoms with Gasteiger partial charge in [-0.15, -0.1) is 0 Å². The van der Waals surface area contributed by atoms with Gasteiger partial charge in [0.2, 0.25) is 0 Å². The van der Waals surface area contributed by atoms with Gasteiger partial charge in [0.05, 0.1) is 20.1 Å². The molecule has 100 valence electrons. The second-order valence-corrected chi connectivity index (χ2v) is 4.10. The molecule has 1 atom stereocenters. The Morgan fingerprint density at radius 2 is 2.11 bits per heavy atom. The molecule has 1 aromatic carbocycles. The number of hydrogen-bond acceptors (Lipinski definition) is 4. The first-order valence-electron chi connectivity index (χ1n) is 6.18. The number of para-hydroxylation sites is 1. The fourth-order valence-electron chi connectivity index (χ4n) is 1.68. The van der Waals surface area contributed by atoms with E-state index in [1.807, 2.05) is 38.1 Å². The van der Waals surface area contributed by atoms with E-state index in [0.29, 0.717) is 19.6 Å². The molecule has 1 aromatic rings. The van der Waals surface area contributed by atoms with Crippen LogP contribution in [0.2, 0.25) is 0 Å². The quantitative estimate of drug-likeness (QED) is 0.754. The number of methoxy groups -OCH3 is 1. The molecule has 0 heterocycles. The largest absolute Gasteiger partial charge is 0.496 e. The average molecular weight is 251 g/mol. The molecule has 1 unspecified atom stereocenters. The lowest BCUT2D eigenvalue weighted by Gasteiger charge is -2.14. The van der Waals surface area contributed by atoms with E-state index < -0.39 is 0 Å². The van der Waals surface area contributed by atoms with Crippen LogP contribution in [0.1, 0.15) is 25.8 Å². The monoisotopic (exact) mass is 251 g/mol. The first-order valence-corrected chi connectivity index (χ1v) is 6.18. The first-order chi connectivity index (χ1) is 8.67. The van der Waals surface area contributed by atoms with E-state index in [4.69, 9.17) is 9.47 Å². The summed E-state index contributed by atoms with van der Waals surface area (Å²) in [5, 5.41) is 3.28. The van der Waals surface area contributed by atoms with Crippen molar-refractivity contribution >= 4 is 5.97 Å². The molecule has 0 spiro atoms. The summed E-state index contributed by atoms with van der Waals surface area (Å²) in [5.41, 5.74) is 1.08. The predicted octanol–water partition coefficient (Wildman–Crippen LogP) is 2.13. The highest BCUT2D eigenvalue weighted by molar-refractivity contribution is 5.70. The molecule has 4 heteroatoms. The van der Waals surface area contributed by atoms with Crippen molar-refractivity contribution in [1.29, 1.82) is 0 Å². The van der Waals surface area contributed by atoms with Crippen LogP contribution in [0.3, 0.4) is 0 Å². The number of rotatable bonds is 7. The molecule has 0 saturated heterocycles. The van der Waals surface area contributed by atoms with Crippen LogP contribution in [0.5, 0.6) is 5.75 Å². The predicted molar refractivity (Wildman–Crippen MR) is 70.5 cm³/mol. The van der Waals surface area contributed by atoms with Crippen molar-refractivity contribution in [2.75, 3.05) is 13.7 Å². The lowest BCUT2D eigenvalue weighted by atomic mass is 10.1. The highest BCUT2D eigenvalue weighted by Crippen LogP contribution is 2.16. The Balaban J connectivity index is 2.42. The molecule has 0 aliphatic rings. The van der Waals surface area contributed by atoms with Gasteiger partial charge in [-0.05, 0) is 19.9 Å². The summed E-state index contributed by atoms with van der Waals surface area (Å²) >= 11 is 0. The van der Waals surface area contributed by atoms with E-state index >= 15 is 0 Å². The zero-order chi connectivity index (χ0) is 13.4. The van der Waals surface area contributed by atoms with E-state index in [9.17, 15) is 4.79 Å². The summed E-state index contributed by atoms with van der Waals surface area (Å²) in [5.74, 6) is 0.686. The van der Waals surface area contributed by atoms with Crippen molar-refractivity contribution in [3.63, 3.8) is 0 Å². The van der Waals surface area contributed by atoms with Gasteiger partial charge in [0.15, 0.2) is 0 Å². The van der Waals surface area contributed by atoms with Gasteiger partial charge in [-0.1, -0.05) is 18.2 Å². The van der Waals surface area contributed by atoms with Crippen LogP contribution in [0.25, 0.3) is 0 Å². The normalized spacial score (nSPS) is 11.9. The minimum Gasteiger partial charge on any atom is -0.496 e. The van der Waals surface area contributed by atoms with Gasteiger partial charge in [-0.2, -0.15) is 0 Å². The maximum atomic E-state index is 11.3. The third-order valence-corrected chi connectivity index (χ3v) is 2.61. The number of hydrogen-bond donors (Lipinski definition) is 1. The second kappa shape index (κ2) is 7.71. The summed E-state index contributed by atoms with van der Waals surface area (Å²) in [6.07, 6.45) is 0.378. The molecule has 0 bridgehead atoms. The third kappa shape index (κ3) is 4.75. The summed E-state index contributed by atoms with van der Waals surface area (Å²) in [6, 6.07) is 7.91. The first kappa shape index (κ1) is 14.5. The van der Waals surface area contributed by atoms with Crippen molar-refractivity contribution in [3.05, 3.63) is 29.8 Å². The average Bonchev–Trinajstić information content (AvgIpc) is 2.37. The van der Waals surface area contributed by atoms with Crippen molar-refractivity contribution < 1.29 is 14.3 Å². The number of esters is 1. The molecular weight excluding hydrogens is 230 g/mol. The van der Waals surface area contributed by atoms with E-state index in [-0.39, 0.29) is 12.0 Å². The molecule has 0 radical (unpaired) electrons. The van der Waals surface area contributed by atoms with Gasteiger partial charge in [-0.3, -0.25) is 4.79 Å². The number of carbonyl (C=O) groups is 1. The third-order valence-electron chi connectivity index (χ3n) is 2.61. The summed E-state index contributed by atoms with van der Waals surface area (Å²) in [7, 11) is 1.65. The molecule has 18 heavy (non-hydrogen) atoms. The van der Waals surface area contributed by atoms with Crippen molar-refractivity contribution in [1.82, 2.24) is 5.32 Å². The highest BCUT2D eigenvalue weighted by Gasteiger charge is 2.10. The zero-order valence-corrected chi connectivity index (χ0v) is 11.2. The highest BCUT2D eigenvalue weighted by atomic mass is 16.5. The Morgan fingerprint density at radius 3 is 2.78 bits per heavy atom. The molecule has 0 amide bonds. The van der Waals surface area contributed by atoms with Crippen LogP contribution in [-0.2, 0) is 16.1 Å². The van der Waals surface area contributed by atoms with Gasteiger partial charge < -0.3 is 14.8 Å². The fraction of sp³-hybridized carbons (Fsp3) is 0.500. The topological polar surface area (TPSA) is 47.6 Å². The number of carbonyl (C=O) groups excluding carboxylic acids is 1. The number of nitrogens with one attached hydrogen (secondary N) is 1. The van der Waals surface area contributed by atoms with E-state index in [1.54, 1.807) is 7.11 Å². The molecular formula is C14H21NO3. The maximum Gasteiger partial charge on any atom is 0.307 e. The molecule has 0 saturated carbocycles. The Labute approximate surface area is 108 Å². The minimum atomic E-state index is -0.169. The van der Waals surface area contributed by atoms with Crippen LogP contribution < -0.4 is 10.1 Å². The van der Waals surface area contributed by atoms with Crippen molar-refractivity contribution in [3.8, 4) is 5.75 Å². The Morgan fingerprint density at radius 1 is 1.39 bits per heavy atom. The maximum absolute atomic E-state index is 11.3.